The fourth-order valence-electron chi connectivity index (χ4n) is 1.80. The zero-order valence-electron chi connectivity index (χ0n) is 11.7. The predicted molar refractivity (Wildman–Crippen MR) is 76.6 cm³/mol. The molecule has 112 valence electrons. The van der Waals surface area contributed by atoms with Crippen LogP contribution in [0.5, 0.6) is 17.2 Å². The number of para-hydroxylation sites is 2. The van der Waals surface area contributed by atoms with Gasteiger partial charge in [0.2, 0.25) is 0 Å². The van der Waals surface area contributed by atoms with Gasteiger partial charge in [0.25, 0.3) is 0 Å². The van der Waals surface area contributed by atoms with E-state index in [-0.39, 0.29) is 12.3 Å². The van der Waals surface area contributed by atoms with Crippen molar-refractivity contribution in [3.63, 3.8) is 0 Å². The highest BCUT2D eigenvalue weighted by Crippen LogP contribution is 2.34. The van der Waals surface area contributed by atoms with Gasteiger partial charge in [0.15, 0.2) is 28.9 Å². The van der Waals surface area contributed by atoms with Crippen LogP contribution < -0.4 is 15.2 Å². The van der Waals surface area contributed by atoms with Crippen LogP contribution in [0.1, 0.15) is 18.9 Å². The molecule has 21 heavy (non-hydrogen) atoms. The average Bonchev–Trinajstić information content (AvgIpc) is 2.49. The minimum Gasteiger partial charge on any atom is -0.490 e. The van der Waals surface area contributed by atoms with Gasteiger partial charge >= 0.3 is 0 Å². The molecule has 0 spiro atoms. The Balaban J connectivity index is 2.30. The fourth-order valence-corrected chi connectivity index (χ4v) is 1.80. The molecule has 2 rings (SSSR count). The van der Waals surface area contributed by atoms with Gasteiger partial charge in [0.05, 0.1) is 6.61 Å². The SMILES string of the molecule is CCCOc1ccccc1Oc1c(F)cc(CN)cc1F. The number of benzene rings is 2. The standard InChI is InChI=1S/C16H17F2NO2/c1-2-7-20-14-5-3-4-6-15(14)21-16-12(17)8-11(10-19)9-13(16)18/h3-6,8-9H,2,7,10,19H2,1H3. The summed E-state index contributed by atoms with van der Waals surface area (Å²) in [5.74, 6) is -1.33. The number of nitrogens with two attached hydrogens (primary N) is 1. The lowest BCUT2D eigenvalue weighted by atomic mass is 10.2. The van der Waals surface area contributed by atoms with Gasteiger partial charge in [-0.05, 0) is 36.2 Å². The first kappa shape index (κ1) is 15.3. The number of ether oxygens (including phenoxy) is 2. The molecule has 0 bridgehead atoms. The smallest absolute Gasteiger partial charge is 0.198 e. The molecule has 0 aliphatic rings. The molecule has 0 fully saturated rings. The van der Waals surface area contributed by atoms with Crippen molar-refractivity contribution >= 4 is 0 Å². The molecule has 0 amide bonds. The van der Waals surface area contributed by atoms with Crippen molar-refractivity contribution in [2.24, 2.45) is 5.73 Å². The Labute approximate surface area is 122 Å². The molecule has 0 aliphatic heterocycles. The molecule has 2 aromatic carbocycles. The lowest BCUT2D eigenvalue weighted by molar-refractivity contribution is 0.298. The van der Waals surface area contributed by atoms with Crippen molar-refractivity contribution in [3.8, 4) is 17.2 Å². The van der Waals surface area contributed by atoms with Gasteiger partial charge in [0.1, 0.15) is 0 Å². The first-order valence-electron chi connectivity index (χ1n) is 6.73. The topological polar surface area (TPSA) is 44.5 Å². The van der Waals surface area contributed by atoms with E-state index < -0.39 is 17.4 Å². The van der Waals surface area contributed by atoms with Crippen LogP contribution in [-0.2, 0) is 6.54 Å². The maximum atomic E-state index is 13.9. The van der Waals surface area contributed by atoms with E-state index in [0.717, 1.165) is 18.6 Å². The average molecular weight is 293 g/mol. The maximum Gasteiger partial charge on any atom is 0.198 e. The first-order chi connectivity index (χ1) is 10.2. The number of rotatable bonds is 6. The molecule has 0 atom stereocenters. The van der Waals surface area contributed by atoms with Crippen LogP contribution in [0.15, 0.2) is 36.4 Å². The van der Waals surface area contributed by atoms with E-state index in [1.54, 1.807) is 24.3 Å². The summed E-state index contributed by atoms with van der Waals surface area (Å²) in [6, 6.07) is 9.08. The van der Waals surface area contributed by atoms with E-state index in [0.29, 0.717) is 17.9 Å². The Morgan fingerprint density at radius 2 is 1.67 bits per heavy atom. The molecule has 5 heteroatoms. The van der Waals surface area contributed by atoms with Crippen LogP contribution in [0, 0.1) is 11.6 Å². The Morgan fingerprint density at radius 3 is 2.24 bits per heavy atom. The summed E-state index contributed by atoms with van der Waals surface area (Å²) in [7, 11) is 0. The van der Waals surface area contributed by atoms with Gasteiger partial charge in [-0.3, -0.25) is 0 Å². The second-order valence-corrected chi connectivity index (χ2v) is 4.49. The summed E-state index contributed by atoms with van der Waals surface area (Å²) in [5, 5.41) is 0. The normalized spacial score (nSPS) is 10.5. The monoisotopic (exact) mass is 293 g/mol. The third kappa shape index (κ3) is 3.70. The van der Waals surface area contributed by atoms with E-state index in [2.05, 4.69) is 0 Å². The van der Waals surface area contributed by atoms with E-state index in [4.69, 9.17) is 15.2 Å². The lowest BCUT2D eigenvalue weighted by Gasteiger charge is -2.13. The van der Waals surface area contributed by atoms with E-state index in [1.807, 2.05) is 6.92 Å². The summed E-state index contributed by atoms with van der Waals surface area (Å²) in [6.45, 7) is 2.52. The summed E-state index contributed by atoms with van der Waals surface area (Å²) < 4.78 is 38.7. The highest BCUT2D eigenvalue weighted by atomic mass is 19.1. The van der Waals surface area contributed by atoms with Gasteiger partial charge in [0, 0.05) is 6.54 Å². The molecular formula is C16H17F2NO2. The Bertz CT molecular complexity index is 594. The largest absolute Gasteiger partial charge is 0.490 e. The summed E-state index contributed by atoms with van der Waals surface area (Å²) >= 11 is 0. The van der Waals surface area contributed by atoms with Crippen LogP contribution >= 0.6 is 0 Å². The van der Waals surface area contributed by atoms with E-state index in [1.165, 1.54) is 0 Å². The van der Waals surface area contributed by atoms with Crippen LogP contribution in [0.25, 0.3) is 0 Å². The molecule has 0 saturated carbocycles. The van der Waals surface area contributed by atoms with Gasteiger partial charge < -0.3 is 15.2 Å². The molecule has 0 radical (unpaired) electrons. The number of hydrogen-bond acceptors (Lipinski definition) is 3. The minimum absolute atomic E-state index is 0.0598. The van der Waals surface area contributed by atoms with Crippen molar-refractivity contribution in [1.29, 1.82) is 0 Å². The number of hydrogen-bond donors (Lipinski definition) is 1. The highest BCUT2D eigenvalue weighted by molar-refractivity contribution is 5.44. The van der Waals surface area contributed by atoms with Gasteiger partial charge in [-0.1, -0.05) is 19.1 Å². The molecule has 0 saturated heterocycles. The van der Waals surface area contributed by atoms with Gasteiger partial charge in [-0.2, -0.15) is 0 Å². The Morgan fingerprint density at radius 1 is 1.05 bits per heavy atom. The quantitative estimate of drug-likeness (QED) is 0.875. The predicted octanol–water partition coefficient (Wildman–Crippen LogP) is 4.00. The third-order valence-corrected chi connectivity index (χ3v) is 2.82. The van der Waals surface area contributed by atoms with Crippen LogP contribution in [0.3, 0.4) is 0 Å². The third-order valence-electron chi connectivity index (χ3n) is 2.82. The molecule has 2 N–H and O–H groups in total. The molecule has 3 nitrogen and oxygen atoms in total. The molecular weight excluding hydrogens is 276 g/mol. The second kappa shape index (κ2) is 7.04. The van der Waals surface area contributed by atoms with Crippen molar-refractivity contribution in [2.45, 2.75) is 19.9 Å². The van der Waals surface area contributed by atoms with Crippen molar-refractivity contribution in [2.75, 3.05) is 6.61 Å². The summed E-state index contributed by atoms with van der Waals surface area (Å²) in [4.78, 5) is 0. The van der Waals surface area contributed by atoms with Gasteiger partial charge in [-0.15, -0.1) is 0 Å². The fraction of sp³-hybridized carbons (Fsp3) is 0.250. The van der Waals surface area contributed by atoms with Crippen LogP contribution in [0.4, 0.5) is 8.78 Å². The van der Waals surface area contributed by atoms with Crippen molar-refractivity contribution < 1.29 is 18.3 Å². The lowest BCUT2D eigenvalue weighted by Crippen LogP contribution is -2.02. The summed E-state index contributed by atoms with van der Waals surface area (Å²) in [5.41, 5.74) is 5.74. The van der Waals surface area contributed by atoms with Crippen molar-refractivity contribution in [3.05, 3.63) is 53.6 Å². The minimum atomic E-state index is -0.791. The zero-order chi connectivity index (χ0) is 15.2. The molecule has 0 aromatic heterocycles. The first-order valence-corrected chi connectivity index (χ1v) is 6.73. The zero-order valence-corrected chi connectivity index (χ0v) is 11.7. The molecule has 2 aromatic rings. The maximum absolute atomic E-state index is 13.9. The van der Waals surface area contributed by atoms with Gasteiger partial charge in [-0.25, -0.2) is 8.78 Å². The Kier molecular flexibility index (Phi) is 5.11. The number of halogens is 2. The van der Waals surface area contributed by atoms with Crippen LogP contribution in [-0.4, -0.2) is 6.61 Å². The van der Waals surface area contributed by atoms with Crippen molar-refractivity contribution in [1.82, 2.24) is 0 Å². The molecule has 0 aliphatic carbocycles. The Hall–Kier alpha value is -2.14. The summed E-state index contributed by atoms with van der Waals surface area (Å²) in [6.07, 6.45) is 0.822. The van der Waals surface area contributed by atoms with Crippen LogP contribution in [0.2, 0.25) is 0 Å². The molecule has 0 heterocycles. The highest BCUT2D eigenvalue weighted by Gasteiger charge is 2.15. The molecule has 0 unspecified atom stereocenters. The van der Waals surface area contributed by atoms with E-state index in [9.17, 15) is 8.78 Å². The van der Waals surface area contributed by atoms with E-state index >= 15 is 0 Å². The second-order valence-electron chi connectivity index (χ2n) is 4.49.